The van der Waals surface area contributed by atoms with Gasteiger partial charge in [-0.25, -0.2) is 4.98 Å². The predicted molar refractivity (Wildman–Crippen MR) is 78.4 cm³/mol. The molecule has 0 bridgehead atoms. The monoisotopic (exact) mass is 313 g/mol. The summed E-state index contributed by atoms with van der Waals surface area (Å²) in [5.74, 6) is -0.230. The average molecular weight is 314 g/mol. The van der Waals surface area contributed by atoms with Gasteiger partial charge < -0.3 is 14.6 Å². The van der Waals surface area contributed by atoms with Gasteiger partial charge in [0.15, 0.2) is 0 Å². The Kier molecular flexibility index (Phi) is 4.52. The van der Waals surface area contributed by atoms with Gasteiger partial charge in [0.1, 0.15) is 17.5 Å². The first kappa shape index (κ1) is 14.7. The molecule has 1 heterocycles. The summed E-state index contributed by atoms with van der Waals surface area (Å²) in [5, 5.41) is 10.1. The van der Waals surface area contributed by atoms with E-state index in [0.717, 1.165) is 5.69 Å². The summed E-state index contributed by atoms with van der Waals surface area (Å²) in [7, 11) is 1.78. The van der Waals surface area contributed by atoms with Crippen molar-refractivity contribution < 1.29 is 9.90 Å². The summed E-state index contributed by atoms with van der Waals surface area (Å²) in [6.07, 6.45) is 1.54. The van der Waals surface area contributed by atoms with Gasteiger partial charge in [0, 0.05) is 17.8 Å². The summed E-state index contributed by atoms with van der Waals surface area (Å²) in [5.41, 5.74) is 0.760. The maximum absolute atomic E-state index is 11.0. The first-order valence-electron chi connectivity index (χ1n) is 5.86. The summed E-state index contributed by atoms with van der Waals surface area (Å²) >= 11 is 11.8. The fourth-order valence-corrected chi connectivity index (χ4v) is 2.07. The maximum atomic E-state index is 11.0. The molecule has 0 amide bonds. The Morgan fingerprint density at radius 3 is 2.50 bits per heavy atom. The number of benzene rings is 1. The molecule has 0 aliphatic rings. The maximum Gasteiger partial charge on any atom is 0.323 e. The van der Waals surface area contributed by atoms with Crippen molar-refractivity contribution in [3.63, 3.8) is 0 Å². The van der Waals surface area contributed by atoms with Crippen molar-refractivity contribution in [2.75, 3.05) is 11.4 Å². The van der Waals surface area contributed by atoms with Gasteiger partial charge in [-0.1, -0.05) is 23.2 Å². The Morgan fingerprint density at radius 1 is 1.35 bits per heavy atom. The molecule has 0 fully saturated rings. The average Bonchev–Trinajstić information content (AvgIpc) is 2.70. The summed E-state index contributed by atoms with van der Waals surface area (Å²) in [4.78, 5) is 16.9. The Bertz CT molecular complexity index is 611. The van der Waals surface area contributed by atoms with E-state index in [9.17, 15) is 4.79 Å². The quantitative estimate of drug-likeness (QED) is 0.922. The van der Waals surface area contributed by atoms with Crippen LogP contribution in [0.2, 0.25) is 10.2 Å². The molecule has 1 aromatic carbocycles. The van der Waals surface area contributed by atoms with Crippen LogP contribution < -0.4 is 4.90 Å². The zero-order chi connectivity index (χ0) is 14.7. The normalized spacial score (nSPS) is 10.6. The molecule has 1 N–H and O–H groups in total. The van der Waals surface area contributed by atoms with Crippen LogP contribution in [0.1, 0.15) is 5.82 Å². The largest absolute Gasteiger partial charge is 0.480 e. The molecule has 5 nitrogen and oxygen atoms in total. The number of carboxylic acids is 1. The number of anilines is 1. The van der Waals surface area contributed by atoms with Crippen molar-refractivity contribution in [2.45, 2.75) is 6.54 Å². The van der Waals surface area contributed by atoms with Crippen molar-refractivity contribution in [3.8, 4) is 0 Å². The van der Waals surface area contributed by atoms with Gasteiger partial charge in [0.25, 0.3) is 0 Å². The standard InChI is InChI=1S/C13H13Cl2N3O2/c1-17-11(15)6-16-12(17)7-18(8-13(19)20)10-4-2-9(14)3-5-10/h2-6H,7-8H2,1H3,(H,19,20). The van der Waals surface area contributed by atoms with E-state index < -0.39 is 5.97 Å². The minimum atomic E-state index is -0.916. The summed E-state index contributed by atoms with van der Waals surface area (Å²) < 4.78 is 1.71. The number of nitrogens with zero attached hydrogens (tertiary/aromatic N) is 3. The smallest absolute Gasteiger partial charge is 0.323 e. The highest BCUT2D eigenvalue weighted by molar-refractivity contribution is 6.30. The van der Waals surface area contributed by atoms with Gasteiger partial charge in [-0.3, -0.25) is 4.79 Å². The molecule has 2 aromatic rings. The second kappa shape index (κ2) is 6.15. The van der Waals surface area contributed by atoms with Gasteiger partial charge in [-0.05, 0) is 24.3 Å². The zero-order valence-corrected chi connectivity index (χ0v) is 12.3. The van der Waals surface area contributed by atoms with Gasteiger partial charge in [-0.15, -0.1) is 0 Å². The second-order valence-electron chi connectivity index (χ2n) is 4.28. The highest BCUT2D eigenvalue weighted by atomic mass is 35.5. The van der Waals surface area contributed by atoms with Crippen LogP contribution in [0.4, 0.5) is 5.69 Å². The van der Waals surface area contributed by atoms with Gasteiger partial charge >= 0.3 is 5.97 Å². The van der Waals surface area contributed by atoms with Crippen LogP contribution in [0, 0.1) is 0 Å². The third-order valence-corrected chi connectivity index (χ3v) is 3.48. The van der Waals surface area contributed by atoms with E-state index in [4.69, 9.17) is 28.3 Å². The van der Waals surface area contributed by atoms with Gasteiger partial charge in [0.05, 0.1) is 12.7 Å². The molecule has 0 atom stereocenters. The number of imidazole rings is 1. The SMILES string of the molecule is Cn1c(Cl)cnc1CN(CC(=O)O)c1ccc(Cl)cc1. The topological polar surface area (TPSA) is 58.4 Å². The van der Waals surface area contributed by atoms with Crippen LogP contribution in [0.5, 0.6) is 0 Å². The van der Waals surface area contributed by atoms with Crippen molar-refractivity contribution in [2.24, 2.45) is 7.05 Å². The van der Waals surface area contributed by atoms with E-state index >= 15 is 0 Å². The van der Waals surface area contributed by atoms with Gasteiger partial charge in [-0.2, -0.15) is 0 Å². The van der Waals surface area contributed by atoms with Crippen LogP contribution in [0.15, 0.2) is 30.5 Å². The van der Waals surface area contributed by atoms with Crippen LogP contribution >= 0.6 is 23.2 Å². The number of hydrogen-bond acceptors (Lipinski definition) is 3. The molecule has 1 aromatic heterocycles. The summed E-state index contributed by atoms with van der Waals surface area (Å²) in [6, 6.07) is 6.99. The highest BCUT2D eigenvalue weighted by Crippen LogP contribution is 2.20. The number of halogens is 2. The lowest BCUT2D eigenvalue weighted by Crippen LogP contribution is -2.30. The molecule has 0 spiro atoms. The van der Waals surface area contributed by atoms with E-state index in [-0.39, 0.29) is 6.54 Å². The van der Waals surface area contributed by atoms with Crippen molar-refractivity contribution in [1.82, 2.24) is 9.55 Å². The Labute approximate surface area is 126 Å². The molecule has 0 saturated carbocycles. The number of aliphatic carboxylic acids is 1. The minimum Gasteiger partial charge on any atom is -0.480 e. The van der Waals surface area contributed by atoms with Crippen LogP contribution in [0.25, 0.3) is 0 Å². The van der Waals surface area contributed by atoms with Gasteiger partial charge in [0.2, 0.25) is 0 Å². The van der Waals surface area contributed by atoms with Crippen molar-refractivity contribution in [1.29, 1.82) is 0 Å². The lowest BCUT2D eigenvalue weighted by atomic mass is 10.2. The number of aromatic nitrogens is 2. The molecule has 20 heavy (non-hydrogen) atoms. The number of hydrogen-bond donors (Lipinski definition) is 1. The predicted octanol–water partition coefficient (Wildman–Crippen LogP) is 2.82. The fraction of sp³-hybridized carbons (Fsp3) is 0.231. The first-order chi connectivity index (χ1) is 9.47. The van der Waals surface area contributed by atoms with E-state index in [1.54, 1.807) is 40.8 Å². The van der Waals surface area contributed by atoms with E-state index in [2.05, 4.69) is 4.98 Å². The zero-order valence-electron chi connectivity index (χ0n) is 10.8. The molecule has 106 valence electrons. The third kappa shape index (κ3) is 3.43. The Balaban J connectivity index is 2.26. The van der Waals surface area contributed by atoms with E-state index in [1.807, 2.05) is 0 Å². The molecular weight excluding hydrogens is 301 g/mol. The molecule has 2 rings (SSSR count). The lowest BCUT2D eigenvalue weighted by molar-refractivity contribution is -0.135. The van der Waals surface area contributed by atoms with E-state index in [0.29, 0.717) is 22.5 Å². The van der Waals surface area contributed by atoms with E-state index in [1.165, 1.54) is 6.20 Å². The third-order valence-electron chi connectivity index (χ3n) is 2.88. The second-order valence-corrected chi connectivity index (χ2v) is 5.11. The lowest BCUT2D eigenvalue weighted by Gasteiger charge is -2.22. The molecule has 0 saturated heterocycles. The summed E-state index contributed by atoms with van der Waals surface area (Å²) in [6.45, 7) is 0.212. The van der Waals surface area contributed by atoms with Crippen LogP contribution in [-0.2, 0) is 18.4 Å². The number of rotatable bonds is 5. The Hall–Kier alpha value is -1.72. The molecule has 0 unspecified atom stereocenters. The van der Waals surface area contributed by atoms with Crippen molar-refractivity contribution >= 4 is 34.9 Å². The molecular formula is C13H13Cl2N3O2. The molecule has 0 aliphatic carbocycles. The van der Waals surface area contributed by atoms with Crippen LogP contribution in [-0.4, -0.2) is 27.2 Å². The minimum absolute atomic E-state index is 0.133. The number of carboxylic acid groups (broad SMARTS) is 1. The van der Waals surface area contributed by atoms with Crippen molar-refractivity contribution in [3.05, 3.63) is 46.5 Å². The fourth-order valence-electron chi connectivity index (χ4n) is 1.80. The molecule has 7 heteroatoms. The molecule has 0 radical (unpaired) electrons. The molecule has 0 aliphatic heterocycles. The van der Waals surface area contributed by atoms with Crippen LogP contribution in [0.3, 0.4) is 0 Å². The Morgan fingerprint density at radius 2 is 2.00 bits per heavy atom. The number of carbonyl (C=O) groups is 1. The first-order valence-corrected chi connectivity index (χ1v) is 6.61. The highest BCUT2D eigenvalue weighted by Gasteiger charge is 2.14.